The van der Waals surface area contributed by atoms with E-state index in [0.717, 1.165) is 165 Å². The molecule has 562 valence electrons. The van der Waals surface area contributed by atoms with Crippen molar-refractivity contribution in [3.8, 4) is 11.1 Å². The molecule has 8 aliphatic rings. The second-order valence-corrected chi connectivity index (χ2v) is 40.2. The predicted molar refractivity (Wildman–Crippen MR) is 459 cm³/mol. The maximum absolute atomic E-state index is 15.1. The van der Waals surface area contributed by atoms with Crippen LogP contribution < -0.4 is 10.4 Å². The van der Waals surface area contributed by atoms with E-state index in [-0.39, 0.29) is 30.4 Å². The van der Waals surface area contributed by atoms with E-state index >= 15 is 8.42 Å². The molecule has 15 nitrogen and oxygen atoms in total. The molecule has 0 amide bonds. The van der Waals surface area contributed by atoms with Crippen molar-refractivity contribution < 1.29 is 64.9 Å². The maximum atomic E-state index is 15.1. The van der Waals surface area contributed by atoms with E-state index < -0.39 is 79.5 Å². The van der Waals surface area contributed by atoms with Crippen LogP contribution in [-0.2, 0) is 63.4 Å². The number of allylic oxidation sites excluding steroid dienone is 6. The van der Waals surface area contributed by atoms with Crippen LogP contribution in [0.3, 0.4) is 0 Å². The van der Waals surface area contributed by atoms with Crippen molar-refractivity contribution in [1.29, 1.82) is 0 Å². The van der Waals surface area contributed by atoms with Gasteiger partial charge in [-0.2, -0.15) is 42.1 Å². The number of unbranched alkanes of at least 4 members (excludes halogenated alkanes) is 1. The van der Waals surface area contributed by atoms with Crippen molar-refractivity contribution >= 4 is 235 Å². The smallest absolute Gasteiger partial charge is 0.285 e. The van der Waals surface area contributed by atoms with Crippen molar-refractivity contribution in [3.05, 3.63) is 241 Å². The minimum absolute atomic E-state index is 0.169. The van der Waals surface area contributed by atoms with Gasteiger partial charge in [-0.1, -0.05) is 162 Å². The van der Waals surface area contributed by atoms with Gasteiger partial charge in [0.2, 0.25) is 0 Å². The van der Waals surface area contributed by atoms with Gasteiger partial charge < -0.3 is 0 Å². The van der Waals surface area contributed by atoms with Crippen LogP contribution in [0.25, 0.3) is 195 Å². The maximum Gasteiger partial charge on any atom is 0.295 e. The fourth-order valence-corrected chi connectivity index (χ4v) is 28.3. The molecule has 0 bridgehead atoms. The van der Waals surface area contributed by atoms with Crippen molar-refractivity contribution in [3.63, 3.8) is 0 Å². The Morgan fingerprint density at radius 1 is 0.348 bits per heavy atom. The number of hydrogen-bond donors (Lipinski definition) is 5. The summed E-state index contributed by atoms with van der Waals surface area (Å²) in [5.74, 6) is -2.84. The third-order valence-corrected chi connectivity index (χ3v) is 32.6. The Bertz CT molecular complexity index is 8890. The van der Waals surface area contributed by atoms with Crippen LogP contribution in [0.2, 0.25) is 0 Å². The molecular weight excluding hydrogens is 1540 g/mol. The molecule has 0 fully saturated rings. The van der Waals surface area contributed by atoms with Gasteiger partial charge in [-0.3, -0.25) is 22.8 Å². The third-order valence-electron chi connectivity index (χ3n) is 27.7. The Hall–Kier alpha value is -10.9. The summed E-state index contributed by atoms with van der Waals surface area (Å²) < 4.78 is 202. The van der Waals surface area contributed by atoms with E-state index in [1.54, 1.807) is 48.5 Å². The third kappa shape index (κ3) is 8.18. The molecule has 5 atom stereocenters. The summed E-state index contributed by atoms with van der Waals surface area (Å²) in [7, 11) is -24.7. The van der Waals surface area contributed by atoms with Crippen LogP contribution in [0.15, 0.2) is 201 Å². The molecule has 5 N–H and O–H groups in total. The minimum atomic E-state index is -5.19. The van der Waals surface area contributed by atoms with E-state index in [4.69, 9.17) is 0 Å². The zero-order valence-corrected chi connectivity index (χ0v) is 65.5. The summed E-state index contributed by atoms with van der Waals surface area (Å²) >= 11 is 0. The highest BCUT2D eigenvalue weighted by atomic mass is 32.2. The van der Waals surface area contributed by atoms with E-state index in [1.165, 1.54) is 0 Å². The molecule has 20 heteroatoms. The SMILES string of the molecule is CCCCC1C2=C3C4C(=Cc5c6cc7c(CCC)cccc7c(S(=O)(=O)O)c6cc6cc7cc8c(S(=O)(=O)O)cc9c%10c(cc%11c%12c%13c%14c(ccc%15c(-c%16ccc%17c%18cccc%19c(CCC)cc%20c(S(=O)(=O)O)cc%21ccc%16c%17c%21c%20c%19%18)cc%16ccc%17c(c%16c%15%14)C%13C(=CC=%17S(=O)(=O)O)C=C%12)c%119)=C(C=C2)C3c(c7c4c56)c8%10)C1S(=O)(=O)O. The molecule has 25 rings (SSSR count). The summed E-state index contributed by atoms with van der Waals surface area (Å²) in [5, 5.41) is 20.1. The van der Waals surface area contributed by atoms with Crippen LogP contribution in [0.5, 0.6) is 0 Å². The molecule has 0 saturated heterocycles. The first kappa shape index (κ1) is 67.5. The van der Waals surface area contributed by atoms with Crippen molar-refractivity contribution in [2.45, 2.75) is 103 Å². The highest BCUT2D eigenvalue weighted by Gasteiger charge is 2.55. The van der Waals surface area contributed by atoms with Gasteiger partial charge in [0.05, 0.1) is 0 Å². The molecule has 17 aromatic carbocycles. The lowest BCUT2D eigenvalue weighted by Crippen LogP contribution is -2.43. The van der Waals surface area contributed by atoms with Crippen molar-refractivity contribution in [2.24, 2.45) is 5.92 Å². The number of hydrogen-bond acceptors (Lipinski definition) is 10. The number of rotatable bonds is 13. The Balaban J connectivity index is 0.854. The molecule has 0 heterocycles. The number of benzene rings is 17. The van der Waals surface area contributed by atoms with Crippen LogP contribution in [0.1, 0.15) is 115 Å². The Morgan fingerprint density at radius 2 is 1.00 bits per heavy atom. The van der Waals surface area contributed by atoms with E-state index in [2.05, 4.69) is 61.5 Å². The Morgan fingerprint density at radius 3 is 1.77 bits per heavy atom. The van der Waals surface area contributed by atoms with E-state index in [1.807, 2.05) is 86.7 Å². The molecule has 0 spiro atoms. The van der Waals surface area contributed by atoms with Gasteiger partial charge in [0, 0.05) is 55.8 Å². The first-order chi connectivity index (χ1) is 55.1. The summed E-state index contributed by atoms with van der Waals surface area (Å²) in [6.07, 6.45) is 15.8. The van der Waals surface area contributed by atoms with E-state index in [9.17, 15) is 56.4 Å². The average molecular weight is 1600 g/mol. The molecule has 115 heavy (non-hydrogen) atoms. The van der Waals surface area contributed by atoms with Gasteiger partial charge >= 0.3 is 0 Å². The lowest BCUT2D eigenvalue weighted by Gasteiger charge is -2.50. The number of fused-ring (bicyclic) bond motifs is 8. The lowest BCUT2D eigenvalue weighted by molar-refractivity contribution is 0.425. The molecule has 8 aliphatic carbocycles. The largest absolute Gasteiger partial charge is 0.295 e. The second kappa shape index (κ2) is 21.6. The molecular formula is C95H62O15S5. The van der Waals surface area contributed by atoms with Crippen LogP contribution in [0, 0.1) is 5.92 Å². The molecule has 0 aliphatic heterocycles. The lowest BCUT2D eigenvalue weighted by atomic mass is 9.54. The van der Waals surface area contributed by atoms with Gasteiger partial charge in [0.25, 0.3) is 50.6 Å². The summed E-state index contributed by atoms with van der Waals surface area (Å²) in [4.78, 5) is -1.10. The normalized spacial score (nSPS) is 19.3. The summed E-state index contributed by atoms with van der Waals surface area (Å²) in [5.41, 5.74) is 11.4. The standard InChI is InChI=1S/C95H62O15S5/c1-4-7-13-56-52-25-26-55-64-37-63-54-21-18-44-34-71(111(96,97)98)58-22-19-42-31-61(48-23-24-51-49-15-9-14-47-41(11-6-3)30-67-72(112(99,100)101)35-43-17-20-50(48)81(51)75(43)89(67)80(47)49)53-27-28-59(88-83(53)76(42)87(58)77(44)84(54)88)79(63)69-39-73(113(102,103)104)68-33-46-29-45-32-66-62(36-60-40(10-5-2)12-8-16-57(60)94(66)114(105,106)107)65-38-70(95(56)115(108,109)110)91-85(52)86(55)93(90(68)82(64)69)78(46)92(91)74(45)65/h8-9,12,14-39,56,77,86,91,95H,4-7,10-11,13H2,1-3H3,(H,96,97,98)(H,99,100,101)(H,102,103,104)(H,105,106,107)(H,108,109,110). The highest BCUT2D eigenvalue weighted by molar-refractivity contribution is 7.95. The monoisotopic (exact) mass is 1600 g/mol. The van der Waals surface area contributed by atoms with Crippen LogP contribution in [0.4, 0.5) is 0 Å². The van der Waals surface area contributed by atoms with E-state index in [0.29, 0.717) is 124 Å². The van der Waals surface area contributed by atoms with Gasteiger partial charge in [0.1, 0.15) is 24.8 Å². The van der Waals surface area contributed by atoms with Crippen molar-refractivity contribution in [1.82, 2.24) is 0 Å². The zero-order chi connectivity index (χ0) is 78.3. The molecule has 17 aromatic rings. The van der Waals surface area contributed by atoms with Gasteiger partial charge in [0.15, 0.2) is 0 Å². The fourth-order valence-electron chi connectivity index (χ4n) is 24.0. The van der Waals surface area contributed by atoms with Gasteiger partial charge in [-0.15, -0.1) is 0 Å². The predicted octanol–water partition coefficient (Wildman–Crippen LogP) is 20.3. The van der Waals surface area contributed by atoms with Gasteiger partial charge in [-0.25, -0.2) is 0 Å². The fraction of sp³-hybridized carbons (Fsp3) is 0.158. The average Bonchev–Trinajstić information content (AvgIpc) is 0.649. The van der Waals surface area contributed by atoms with Crippen molar-refractivity contribution in [2.75, 3.05) is 0 Å². The molecule has 0 saturated carbocycles. The number of aryl methyl sites for hydroxylation is 2. The topological polar surface area (TPSA) is 272 Å². The summed E-state index contributed by atoms with van der Waals surface area (Å²) in [6, 6.07) is 44.5. The molecule has 0 aromatic heterocycles. The molecule has 5 unspecified atom stereocenters. The first-order valence-electron chi connectivity index (χ1n) is 38.9. The quantitative estimate of drug-likeness (QED) is 0.0408. The Kier molecular flexibility index (Phi) is 12.7. The summed E-state index contributed by atoms with van der Waals surface area (Å²) in [6.45, 7) is 6.13. The highest BCUT2D eigenvalue weighted by Crippen LogP contribution is 2.68. The Labute approximate surface area is 656 Å². The minimum Gasteiger partial charge on any atom is -0.285 e. The second-order valence-electron chi connectivity index (χ2n) is 33.1. The van der Waals surface area contributed by atoms with Gasteiger partial charge in [-0.05, 0) is 303 Å². The van der Waals surface area contributed by atoms with Crippen LogP contribution >= 0.6 is 0 Å². The first-order valence-corrected chi connectivity index (χ1v) is 46.2. The molecule has 0 radical (unpaired) electrons. The zero-order valence-electron chi connectivity index (χ0n) is 61.4. The van der Waals surface area contributed by atoms with Crippen LogP contribution in [-0.4, -0.2) is 70.1 Å².